The SMILES string of the molecule is O=C(NC(CCO)C1CC1)c1csc(-c2cccs2)n1. The van der Waals surface area contributed by atoms with Gasteiger partial charge in [0.2, 0.25) is 0 Å². The van der Waals surface area contributed by atoms with Crippen molar-refractivity contribution < 1.29 is 9.90 Å². The van der Waals surface area contributed by atoms with Crippen molar-refractivity contribution in [2.75, 3.05) is 6.61 Å². The Bertz CT molecular complexity index is 576. The quantitative estimate of drug-likeness (QED) is 0.862. The molecule has 6 heteroatoms. The van der Waals surface area contributed by atoms with E-state index in [4.69, 9.17) is 5.11 Å². The Balaban J connectivity index is 1.67. The maximum Gasteiger partial charge on any atom is 0.271 e. The van der Waals surface area contributed by atoms with E-state index in [9.17, 15) is 4.79 Å². The van der Waals surface area contributed by atoms with E-state index >= 15 is 0 Å². The van der Waals surface area contributed by atoms with E-state index < -0.39 is 0 Å². The van der Waals surface area contributed by atoms with Crippen LogP contribution in [0.5, 0.6) is 0 Å². The van der Waals surface area contributed by atoms with Crippen molar-refractivity contribution in [3.05, 3.63) is 28.6 Å². The molecule has 2 aromatic rings. The zero-order valence-electron chi connectivity index (χ0n) is 10.9. The van der Waals surface area contributed by atoms with E-state index in [0.29, 0.717) is 18.0 Å². The van der Waals surface area contributed by atoms with Crippen LogP contribution in [0.4, 0.5) is 0 Å². The van der Waals surface area contributed by atoms with E-state index in [1.807, 2.05) is 17.5 Å². The first-order valence-electron chi connectivity index (χ1n) is 6.69. The summed E-state index contributed by atoms with van der Waals surface area (Å²) in [5, 5.41) is 16.8. The van der Waals surface area contributed by atoms with Gasteiger partial charge in [0.25, 0.3) is 5.91 Å². The lowest BCUT2D eigenvalue weighted by Gasteiger charge is -2.16. The van der Waals surface area contributed by atoms with Gasteiger partial charge in [0.15, 0.2) is 0 Å². The maximum absolute atomic E-state index is 12.2. The van der Waals surface area contributed by atoms with Gasteiger partial charge >= 0.3 is 0 Å². The molecule has 2 aromatic heterocycles. The van der Waals surface area contributed by atoms with Crippen molar-refractivity contribution in [1.29, 1.82) is 0 Å². The van der Waals surface area contributed by atoms with Crippen molar-refractivity contribution in [3.8, 4) is 9.88 Å². The molecule has 0 saturated heterocycles. The molecule has 1 unspecified atom stereocenters. The molecule has 0 bridgehead atoms. The first-order valence-corrected chi connectivity index (χ1v) is 8.45. The third kappa shape index (κ3) is 3.08. The fourth-order valence-corrected chi connectivity index (χ4v) is 3.81. The summed E-state index contributed by atoms with van der Waals surface area (Å²) in [6.07, 6.45) is 2.91. The highest BCUT2D eigenvalue weighted by atomic mass is 32.1. The van der Waals surface area contributed by atoms with E-state index in [0.717, 1.165) is 22.7 Å². The van der Waals surface area contributed by atoms with E-state index in [1.165, 1.54) is 11.3 Å². The molecule has 2 N–H and O–H groups in total. The Labute approximate surface area is 125 Å². The van der Waals surface area contributed by atoms with Crippen LogP contribution < -0.4 is 5.32 Å². The summed E-state index contributed by atoms with van der Waals surface area (Å²) in [5.74, 6) is 0.399. The number of carbonyl (C=O) groups excluding carboxylic acids is 1. The number of thiophene rings is 1. The van der Waals surface area contributed by atoms with Crippen molar-refractivity contribution in [1.82, 2.24) is 10.3 Å². The first-order chi connectivity index (χ1) is 9.78. The van der Waals surface area contributed by atoms with Crippen LogP contribution in [0.2, 0.25) is 0 Å². The number of nitrogens with zero attached hydrogens (tertiary/aromatic N) is 1. The Hall–Kier alpha value is -1.24. The van der Waals surface area contributed by atoms with Crippen molar-refractivity contribution in [2.45, 2.75) is 25.3 Å². The van der Waals surface area contributed by atoms with Crippen LogP contribution in [0.15, 0.2) is 22.9 Å². The summed E-state index contributed by atoms with van der Waals surface area (Å²) >= 11 is 3.11. The molecule has 1 aliphatic carbocycles. The fourth-order valence-electron chi connectivity index (χ4n) is 2.20. The highest BCUT2D eigenvalue weighted by Crippen LogP contribution is 2.34. The molecule has 0 radical (unpaired) electrons. The van der Waals surface area contributed by atoms with Gasteiger partial charge in [0.1, 0.15) is 10.7 Å². The second kappa shape index (κ2) is 6.03. The average Bonchev–Trinajstić information content (AvgIpc) is 2.94. The van der Waals surface area contributed by atoms with Gasteiger partial charge in [0.05, 0.1) is 4.88 Å². The smallest absolute Gasteiger partial charge is 0.271 e. The molecule has 1 atom stereocenters. The number of thiazole rings is 1. The lowest BCUT2D eigenvalue weighted by Crippen LogP contribution is -2.37. The summed E-state index contributed by atoms with van der Waals surface area (Å²) in [5.41, 5.74) is 0.474. The van der Waals surface area contributed by atoms with Gasteiger partial charge in [-0.2, -0.15) is 0 Å². The van der Waals surface area contributed by atoms with Crippen LogP contribution in [-0.2, 0) is 0 Å². The number of amides is 1. The first kappa shape index (κ1) is 13.7. The molecule has 1 fully saturated rings. The van der Waals surface area contributed by atoms with Crippen LogP contribution in [-0.4, -0.2) is 28.6 Å². The molecule has 0 aromatic carbocycles. The molecular weight excluding hydrogens is 292 g/mol. The predicted molar refractivity (Wildman–Crippen MR) is 81.1 cm³/mol. The molecule has 4 nitrogen and oxygen atoms in total. The number of rotatable bonds is 6. The zero-order valence-corrected chi connectivity index (χ0v) is 12.5. The maximum atomic E-state index is 12.2. The average molecular weight is 308 g/mol. The van der Waals surface area contributed by atoms with Crippen molar-refractivity contribution in [2.24, 2.45) is 5.92 Å². The Morgan fingerprint density at radius 3 is 3.00 bits per heavy atom. The Morgan fingerprint density at radius 2 is 2.35 bits per heavy atom. The molecule has 1 saturated carbocycles. The van der Waals surface area contributed by atoms with Gasteiger partial charge < -0.3 is 10.4 Å². The van der Waals surface area contributed by atoms with Gasteiger partial charge in [-0.3, -0.25) is 4.79 Å². The van der Waals surface area contributed by atoms with E-state index in [2.05, 4.69) is 10.3 Å². The van der Waals surface area contributed by atoms with Gasteiger partial charge in [-0.05, 0) is 36.6 Å². The number of nitrogens with one attached hydrogen (secondary N) is 1. The lowest BCUT2D eigenvalue weighted by molar-refractivity contribution is 0.0920. The van der Waals surface area contributed by atoms with Crippen LogP contribution >= 0.6 is 22.7 Å². The monoisotopic (exact) mass is 308 g/mol. The summed E-state index contributed by atoms with van der Waals surface area (Å²) in [6, 6.07) is 4.06. The normalized spacial score (nSPS) is 16.1. The molecule has 2 heterocycles. The highest BCUT2D eigenvalue weighted by Gasteiger charge is 2.32. The van der Waals surface area contributed by atoms with Crippen LogP contribution in [0.1, 0.15) is 29.8 Å². The number of aliphatic hydroxyl groups excluding tert-OH is 1. The van der Waals surface area contributed by atoms with Crippen molar-refractivity contribution in [3.63, 3.8) is 0 Å². The number of hydrogen-bond acceptors (Lipinski definition) is 5. The Kier molecular flexibility index (Phi) is 4.14. The molecular formula is C14H16N2O2S2. The third-order valence-electron chi connectivity index (χ3n) is 3.42. The summed E-state index contributed by atoms with van der Waals surface area (Å²) in [6.45, 7) is 0.110. The van der Waals surface area contributed by atoms with Crippen LogP contribution in [0.3, 0.4) is 0 Å². The van der Waals surface area contributed by atoms with Crippen molar-refractivity contribution >= 4 is 28.6 Å². The fraction of sp³-hybridized carbons (Fsp3) is 0.429. The Morgan fingerprint density at radius 1 is 1.50 bits per heavy atom. The van der Waals surface area contributed by atoms with Gasteiger partial charge in [-0.15, -0.1) is 22.7 Å². The number of aromatic nitrogens is 1. The largest absolute Gasteiger partial charge is 0.396 e. The van der Waals surface area contributed by atoms with E-state index in [1.54, 1.807) is 16.7 Å². The molecule has 1 aliphatic rings. The molecule has 106 valence electrons. The summed E-state index contributed by atoms with van der Waals surface area (Å²) in [7, 11) is 0. The van der Waals surface area contributed by atoms with E-state index in [-0.39, 0.29) is 18.6 Å². The zero-order chi connectivity index (χ0) is 13.9. The third-order valence-corrected chi connectivity index (χ3v) is 5.30. The number of hydrogen-bond donors (Lipinski definition) is 2. The van der Waals surface area contributed by atoms with Gasteiger partial charge in [-0.1, -0.05) is 6.07 Å². The van der Waals surface area contributed by atoms with Gasteiger partial charge in [0, 0.05) is 18.0 Å². The minimum absolute atomic E-state index is 0.0828. The number of carbonyl (C=O) groups is 1. The molecule has 0 spiro atoms. The molecule has 0 aliphatic heterocycles. The molecule has 3 rings (SSSR count). The standard InChI is InChI=1S/C14H16N2O2S2/c17-6-5-10(9-3-4-9)15-13(18)11-8-20-14(16-11)12-2-1-7-19-12/h1-2,7-10,17H,3-6H2,(H,15,18). The highest BCUT2D eigenvalue weighted by molar-refractivity contribution is 7.20. The van der Waals surface area contributed by atoms with Gasteiger partial charge in [-0.25, -0.2) is 4.98 Å². The minimum Gasteiger partial charge on any atom is -0.396 e. The van der Waals surface area contributed by atoms with Crippen LogP contribution in [0, 0.1) is 5.92 Å². The second-order valence-corrected chi connectivity index (χ2v) is 6.75. The minimum atomic E-state index is -0.130. The molecule has 1 amide bonds. The summed E-state index contributed by atoms with van der Waals surface area (Å²) < 4.78 is 0. The lowest BCUT2D eigenvalue weighted by atomic mass is 10.1. The summed E-state index contributed by atoms with van der Waals surface area (Å²) in [4.78, 5) is 17.7. The van der Waals surface area contributed by atoms with Crippen LogP contribution in [0.25, 0.3) is 9.88 Å². The topological polar surface area (TPSA) is 62.2 Å². The predicted octanol–water partition coefficient (Wildman–Crippen LogP) is 2.76. The molecule has 20 heavy (non-hydrogen) atoms. The second-order valence-electron chi connectivity index (χ2n) is 4.94. The number of aliphatic hydroxyl groups is 1.